The van der Waals surface area contributed by atoms with Crippen molar-refractivity contribution < 1.29 is 18.7 Å². The summed E-state index contributed by atoms with van der Waals surface area (Å²) in [7, 11) is 0. The Bertz CT molecular complexity index is 1220. The first-order valence-electron chi connectivity index (χ1n) is 11.3. The predicted octanol–water partition coefficient (Wildman–Crippen LogP) is 5.26. The summed E-state index contributed by atoms with van der Waals surface area (Å²) in [4.78, 5) is 35.7. The molecule has 2 amide bonds. The number of thiazole rings is 1. The van der Waals surface area contributed by atoms with Crippen molar-refractivity contribution in [3.8, 4) is 22.0 Å². The third kappa shape index (κ3) is 5.59. The topological polar surface area (TPSA) is 89.4 Å². The van der Waals surface area contributed by atoms with E-state index >= 15 is 0 Å². The Morgan fingerprint density at radius 2 is 1.91 bits per heavy atom. The number of aromatic nitrogens is 3. The fraction of sp³-hybridized carbons (Fsp3) is 0.360. The minimum atomic E-state index is -0.546. The molecule has 1 aliphatic rings. The molecule has 3 heterocycles. The van der Waals surface area contributed by atoms with Gasteiger partial charge in [0.1, 0.15) is 27.8 Å². The molecule has 0 atom stereocenters. The second kappa shape index (κ2) is 9.99. The fourth-order valence-corrected chi connectivity index (χ4v) is 4.82. The molecule has 35 heavy (non-hydrogen) atoms. The van der Waals surface area contributed by atoms with Crippen molar-refractivity contribution in [2.45, 2.75) is 45.3 Å². The number of hydrogen-bond acceptors (Lipinski definition) is 6. The number of nitrogens with one attached hydrogen (secondary N) is 1. The maximum absolute atomic E-state index is 13.6. The van der Waals surface area contributed by atoms with Gasteiger partial charge in [0.05, 0.1) is 12.0 Å². The van der Waals surface area contributed by atoms with E-state index in [0.29, 0.717) is 36.6 Å². The number of hydrogen-bond donors (Lipinski definition) is 1. The first kappa shape index (κ1) is 24.6. The molecule has 0 saturated carbocycles. The van der Waals surface area contributed by atoms with Crippen LogP contribution in [-0.2, 0) is 4.74 Å². The van der Waals surface area contributed by atoms with E-state index in [9.17, 15) is 14.0 Å². The van der Waals surface area contributed by atoms with Crippen molar-refractivity contribution in [2.24, 2.45) is 0 Å². The van der Waals surface area contributed by atoms with E-state index in [-0.39, 0.29) is 29.6 Å². The van der Waals surface area contributed by atoms with E-state index in [1.165, 1.54) is 29.7 Å². The van der Waals surface area contributed by atoms with Crippen LogP contribution in [0.3, 0.4) is 0 Å². The van der Waals surface area contributed by atoms with Crippen LogP contribution in [-0.4, -0.2) is 50.1 Å². The standard InChI is InChI=1S/C25H28FN5O3S/c1-5-27-22(32)19-14-35-23(29-19)21-20(16-6-8-17(26)9-7-16)28-15-31(21)18-10-12-30(13-11-18)24(33)34-25(2,3)4/h5-9,14-15,18H,1,10-13H2,2-4H3,(H,27,32). The van der Waals surface area contributed by atoms with Crippen LogP contribution < -0.4 is 5.32 Å². The molecule has 0 bridgehead atoms. The van der Waals surface area contributed by atoms with Crippen LogP contribution in [0.2, 0.25) is 0 Å². The summed E-state index contributed by atoms with van der Waals surface area (Å²) in [5, 5.41) is 4.85. The number of halogens is 1. The van der Waals surface area contributed by atoms with Gasteiger partial charge < -0.3 is 19.5 Å². The highest BCUT2D eigenvalue weighted by atomic mass is 32.1. The molecule has 1 aromatic carbocycles. The molecule has 2 aromatic heterocycles. The van der Waals surface area contributed by atoms with E-state index < -0.39 is 5.60 Å². The average Bonchev–Trinajstić information content (AvgIpc) is 3.46. The monoisotopic (exact) mass is 497 g/mol. The quantitative estimate of drug-likeness (QED) is 0.520. The van der Waals surface area contributed by atoms with Gasteiger partial charge in [-0.1, -0.05) is 6.58 Å². The van der Waals surface area contributed by atoms with Crippen LogP contribution in [0.4, 0.5) is 9.18 Å². The van der Waals surface area contributed by atoms with Crippen LogP contribution in [0, 0.1) is 5.82 Å². The molecule has 10 heteroatoms. The third-order valence-corrected chi connectivity index (χ3v) is 6.44. The Hall–Kier alpha value is -3.53. The Labute approximate surface area is 207 Å². The van der Waals surface area contributed by atoms with E-state index in [1.54, 1.807) is 28.7 Å². The molecule has 0 unspecified atom stereocenters. The number of imidazole rings is 1. The van der Waals surface area contributed by atoms with Crippen molar-refractivity contribution in [3.63, 3.8) is 0 Å². The van der Waals surface area contributed by atoms with Crippen molar-refractivity contribution >= 4 is 23.3 Å². The highest BCUT2D eigenvalue weighted by Gasteiger charge is 2.30. The number of nitrogens with zero attached hydrogens (tertiary/aromatic N) is 4. The summed E-state index contributed by atoms with van der Waals surface area (Å²) in [6.45, 7) is 10.2. The first-order valence-corrected chi connectivity index (χ1v) is 12.2. The maximum atomic E-state index is 13.6. The Balaban J connectivity index is 1.64. The van der Waals surface area contributed by atoms with Gasteiger partial charge in [-0.25, -0.2) is 19.2 Å². The summed E-state index contributed by atoms with van der Waals surface area (Å²) in [5.74, 6) is -0.676. The summed E-state index contributed by atoms with van der Waals surface area (Å²) >= 11 is 1.34. The number of piperidine rings is 1. The predicted molar refractivity (Wildman–Crippen MR) is 132 cm³/mol. The van der Waals surface area contributed by atoms with Crippen LogP contribution in [0.5, 0.6) is 0 Å². The van der Waals surface area contributed by atoms with Gasteiger partial charge in [-0.3, -0.25) is 4.79 Å². The first-order chi connectivity index (χ1) is 16.7. The smallest absolute Gasteiger partial charge is 0.410 e. The largest absolute Gasteiger partial charge is 0.444 e. The van der Waals surface area contributed by atoms with Crippen molar-refractivity contribution in [1.82, 2.24) is 24.8 Å². The Morgan fingerprint density at radius 1 is 1.23 bits per heavy atom. The lowest BCUT2D eigenvalue weighted by atomic mass is 10.0. The number of carbonyl (C=O) groups is 2. The molecule has 0 spiro atoms. The Morgan fingerprint density at radius 3 is 2.54 bits per heavy atom. The molecule has 184 valence electrons. The Kier molecular flexibility index (Phi) is 7.02. The summed E-state index contributed by atoms with van der Waals surface area (Å²) in [6, 6.07) is 6.20. The van der Waals surface area contributed by atoms with Crippen LogP contribution in [0.1, 0.15) is 50.1 Å². The molecule has 1 fully saturated rings. The normalized spacial score (nSPS) is 14.6. The van der Waals surface area contributed by atoms with Crippen molar-refractivity contribution in [1.29, 1.82) is 0 Å². The van der Waals surface area contributed by atoms with Gasteiger partial charge in [-0.15, -0.1) is 11.3 Å². The molecular formula is C25H28FN5O3S. The van der Waals surface area contributed by atoms with Crippen LogP contribution in [0.25, 0.3) is 22.0 Å². The summed E-state index contributed by atoms with van der Waals surface area (Å²) in [5.41, 5.74) is 1.90. The molecule has 3 aromatic rings. The van der Waals surface area contributed by atoms with Crippen molar-refractivity contribution in [3.05, 3.63) is 60.3 Å². The minimum absolute atomic E-state index is 0.0692. The second-order valence-electron chi connectivity index (χ2n) is 9.27. The lowest BCUT2D eigenvalue weighted by Crippen LogP contribution is -2.42. The SMILES string of the molecule is C=CNC(=O)c1csc(-c2c(-c3ccc(F)cc3)ncn2C2CCN(C(=O)OC(C)(C)C)CC2)n1. The van der Waals surface area contributed by atoms with E-state index in [1.807, 2.05) is 20.8 Å². The van der Waals surface area contributed by atoms with E-state index in [4.69, 9.17) is 4.74 Å². The fourth-order valence-electron chi connectivity index (χ4n) is 3.98. The molecule has 0 radical (unpaired) electrons. The summed E-state index contributed by atoms with van der Waals surface area (Å²) in [6.07, 6.45) is 4.17. The molecule has 1 aliphatic heterocycles. The van der Waals surface area contributed by atoms with Gasteiger partial charge in [0.25, 0.3) is 5.91 Å². The number of benzene rings is 1. The molecule has 4 rings (SSSR count). The lowest BCUT2D eigenvalue weighted by molar-refractivity contribution is 0.0189. The number of rotatable bonds is 5. The molecule has 8 nitrogen and oxygen atoms in total. The molecular weight excluding hydrogens is 469 g/mol. The highest BCUT2D eigenvalue weighted by Crippen LogP contribution is 2.37. The third-order valence-electron chi connectivity index (χ3n) is 5.59. The van der Waals surface area contributed by atoms with E-state index in [0.717, 1.165) is 11.3 Å². The zero-order valence-electron chi connectivity index (χ0n) is 20.0. The molecule has 1 saturated heterocycles. The number of carbonyl (C=O) groups excluding carboxylic acids is 2. The zero-order chi connectivity index (χ0) is 25.2. The maximum Gasteiger partial charge on any atom is 0.410 e. The second-order valence-corrected chi connectivity index (χ2v) is 10.1. The summed E-state index contributed by atoms with van der Waals surface area (Å²) < 4.78 is 21.1. The minimum Gasteiger partial charge on any atom is -0.444 e. The number of ether oxygens (including phenoxy) is 1. The molecule has 1 N–H and O–H groups in total. The number of amides is 2. The van der Waals surface area contributed by atoms with Gasteiger partial charge in [0.2, 0.25) is 0 Å². The molecule has 0 aliphatic carbocycles. The van der Waals surface area contributed by atoms with Gasteiger partial charge in [0.15, 0.2) is 0 Å². The van der Waals surface area contributed by atoms with Crippen LogP contribution in [0.15, 0.2) is 48.8 Å². The zero-order valence-corrected chi connectivity index (χ0v) is 20.8. The van der Waals surface area contributed by atoms with Gasteiger partial charge in [-0.05, 0) is 64.1 Å². The van der Waals surface area contributed by atoms with Gasteiger partial charge >= 0.3 is 6.09 Å². The lowest BCUT2D eigenvalue weighted by Gasteiger charge is -2.34. The van der Waals surface area contributed by atoms with Gasteiger partial charge in [-0.2, -0.15) is 0 Å². The number of likely N-dealkylation sites (tertiary alicyclic amines) is 1. The van der Waals surface area contributed by atoms with E-state index in [2.05, 4.69) is 26.4 Å². The highest BCUT2D eigenvalue weighted by molar-refractivity contribution is 7.13. The van der Waals surface area contributed by atoms with Gasteiger partial charge in [0, 0.05) is 30.1 Å². The van der Waals surface area contributed by atoms with Crippen LogP contribution >= 0.6 is 11.3 Å². The van der Waals surface area contributed by atoms with Crippen molar-refractivity contribution in [2.75, 3.05) is 13.1 Å². The average molecular weight is 498 g/mol.